The summed E-state index contributed by atoms with van der Waals surface area (Å²) < 4.78 is 98.4. The Labute approximate surface area is 213 Å². The van der Waals surface area contributed by atoms with E-state index in [2.05, 4.69) is 10.3 Å². The van der Waals surface area contributed by atoms with Crippen LogP contribution in [0.25, 0.3) is 0 Å². The summed E-state index contributed by atoms with van der Waals surface area (Å²) in [6.07, 6.45) is -7.62. The molecule has 2 amide bonds. The van der Waals surface area contributed by atoms with Crippen molar-refractivity contribution in [3.8, 4) is 0 Å². The molecule has 2 aliphatic heterocycles. The lowest BCUT2D eigenvalue weighted by atomic mass is 9.90. The zero-order chi connectivity index (χ0) is 27.8. The van der Waals surface area contributed by atoms with Crippen molar-refractivity contribution < 1.29 is 45.1 Å². The number of likely N-dealkylation sites (tertiary alicyclic amines) is 1. The Balaban J connectivity index is 1.60. The van der Waals surface area contributed by atoms with Crippen molar-refractivity contribution in [1.29, 1.82) is 0 Å². The molecule has 2 fully saturated rings. The Hall–Kier alpha value is -3.22. The lowest BCUT2D eigenvalue weighted by Crippen LogP contribution is -2.52. The van der Waals surface area contributed by atoms with Gasteiger partial charge in [0, 0.05) is 29.3 Å². The van der Waals surface area contributed by atoms with Gasteiger partial charge in [0.25, 0.3) is 5.91 Å². The number of nitrogens with one attached hydrogen (secondary N) is 1. The van der Waals surface area contributed by atoms with Crippen molar-refractivity contribution in [2.45, 2.75) is 56.7 Å². The van der Waals surface area contributed by atoms with Crippen molar-refractivity contribution in [3.63, 3.8) is 0 Å². The van der Waals surface area contributed by atoms with Gasteiger partial charge in [-0.05, 0) is 43.5 Å². The van der Waals surface area contributed by atoms with Crippen LogP contribution in [-0.4, -0.2) is 47.0 Å². The number of alkyl halides is 6. The Morgan fingerprint density at radius 2 is 1.79 bits per heavy atom. The third-order valence-corrected chi connectivity index (χ3v) is 6.90. The predicted octanol–water partition coefficient (Wildman–Crippen LogP) is 5.15. The average Bonchev–Trinajstić information content (AvgIpc) is 3.25. The summed E-state index contributed by atoms with van der Waals surface area (Å²) in [5.41, 5.74) is -2.88. The number of rotatable bonds is 6. The normalized spacial score (nSPS) is 21.2. The highest BCUT2D eigenvalue weighted by atomic mass is 19.4. The van der Waals surface area contributed by atoms with E-state index in [-0.39, 0.29) is 30.8 Å². The molecule has 0 saturated carbocycles. The second-order valence-corrected chi connectivity index (χ2v) is 9.31. The topological polar surface area (TPSA) is 71.5 Å². The molecule has 206 valence electrons. The first-order valence-electron chi connectivity index (χ1n) is 11.9. The molecule has 0 radical (unpaired) electrons. The molecule has 1 unspecified atom stereocenters. The van der Waals surface area contributed by atoms with Crippen molar-refractivity contribution in [3.05, 3.63) is 64.7 Å². The van der Waals surface area contributed by atoms with E-state index in [1.54, 1.807) is 6.92 Å². The summed E-state index contributed by atoms with van der Waals surface area (Å²) in [5.74, 6) is -3.05. The molecule has 2 aromatic rings. The summed E-state index contributed by atoms with van der Waals surface area (Å²) in [6, 6.07) is 1.24. The largest absolute Gasteiger partial charge is 0.433 e. The van der Waals surface area contributed by atoms with E-state index >= 15 is 0 Å². The Bertz CT molecular complexity index is 1200. The second-order valence-electron chi connectivity index (χ2n) is 9.31. The van der Waals surface area contributed by atoms with Crippen LogP contribution >= 0.6 is 0 Å². The van der Waals surface area contributed by atoms with E-state index in [0.717, 1.165) is 24.4 Å². The van der Waals surface area contributed by atoms with Crippen LogP contribution in [0.2, 0.25) is 0 Å². The predicted molar refractivity (Wildman–Crippen MR) is 119 cm³/mol. The van der Waals surface area contributed by atoms with Crippen molar-refractivity contribution >= 4 is 11.8 Å². The van der Waals surface area contributed by atoms with E-state index < -0.39 is 65.3 Å². The fraction of sp³-hybridized carbons (Fsp3) is 0.480. The minimum atomic E-state index is -4.77. The zero-order valence-electron chi connectivity index (χ0n) is 20.1. The smallest absolute Gasteiger partial charge is 0.381 e. The number of ether oxygens (including phenoxy) is 1. The van der Waals surface area contributed by atoms with E-state index in [1.807, 2.05) is 0 Å². The zero-order valence-corrected chi connectivity index (χ0v) is 20.1. The molecule has 3 atom stereocenters. The molecule has 0 spiro atoms. The third kappa shape index (κ3) is 5.62. The van der Waals surface area contributed by atoms with Crippen LogP contribution in [0.1, 0.15) is 59.4 Å². The average molecular weight is 547 g/mol. The van der Waals surface area contributed by atoms with Crippen LogP contribution in [0.5, 0.6) is 0 Å². The molecule has 2 aliphatic rings. The quantitative estimate of drug-likeness (QED) is 0.509. The molecule has 38 heavy (non-hydrogen) atoms. The van der Waals surface area contributed by atoms with Gasteiger partial charge in [0.2, 0.25) is 5.91 Å². The molecule has 1 aromatic heterocycles. The molecule has 0 bridgehead atoms. The highest BCUT2D eigenvalue weighted by molar-refractivity contribution is 5.98. The monoisotopic (exact) mass is 547 g/mol. The van der Waals surface area contributed by atoms with Gasteiger partial charge in [-0.1, -0.05) is 13.0 Å². The number of halogens is 7. The number of carbonyl (C=O) groups excluding carboxylic acids is 2. The molecule has 13 heteroatoms. The van der Waals surface area contributed by atoms with Crippen LogP contribution in [-0.2, 0) is 21.9 Å². The van der Waals surface area contributed by atoms with Crippen molar-refractivity contribution in [1.82, 2.24) is 15.2 Å². The van der Waals surface area contributed by atoms with Gasteiger partial charge in [0.1, 0.15) is 17.6 Å². The Kier molecular flexibility index (Phi) is 7.69. The lowest BCUT2D eigenvalue weighted by Gasteiger charge is -2.36. The summed E-state index contributed by atoms with van der Waals surface area (Å²) in [4.78, 5) is 31.2. The van der Waals surface area contributed by atoms with Crippen molar-refractivity contribution in [2.24, 2.45) is 5.92 Å². The first-order valence-corrected chi connectivity index (χ1v) is 11.9. The number of nitrogens with zero attached hydrogens (tertiary/aromatic N) is 2. The minimum absolute atomic E-state index is 0.132. The van der Waals surface area contributed by atoms with Crippen LogP contribution in [0.15, 0.2) is 36.5 Å². The van der Waals surface area contributed by atoms with Gasteiger partial charge in [-0.15, -0.1) is 0 Å². The van der Waals surface area contributed by atoms with Gasteiger partial charge in [-0.25, -0.2) is 4.39 Å². The van der Waals surface area contributed by atoms with Crippen molar-refractivity contribution in [2.75, 3.05) is 13.2 Å². The number of pyridine rings is 1. The Morgan fingerprint density at radius 3 is 2.34 bits per heavy atom. The van der Waals surface area contributed by atoms with Gasteiger partial charge < -0.3 is 15.0 Å². The summed E-state index contributed by atoms with van der Waals surface area (Å²) in [5, 5.41) is 2.67. The fourth-order valence-electron chi connectivity index (χ4n) is 4.82. The minimum Gasteiger partial charge on any atom is -0.381 e. The van der Waals surface area contributed by atoms with Crippen LogP contribution in [0.3, 0.4) is 0 Å². The van der Waals surface area contributed by atoms with Gasteiger partial charge in [0.05, 0.1) is 24.8 Å². The molecular formula is C25H24F7N3O3. The second kappa shape index (κ2) is 10.5. The molecule has 0 aliphatic carbocycles. The van der Waals surface area contributed by atoms with Gasteiger partial charge in [-0.3, -0.25) is 14.6 Å². The maximum atomic E-state index is 14.8. The van der Waals surface area contributed by atoms with Gasteiger partial charge >= 0.3 is 12.4 Å². The van der Waals surface area contributed by atoms with Crippen LogP contribution < -0.4 is 5.32 Å². The molecular weight excluding hydrogens is 523 g/mol. The first-order chi connectivity index (χ1) is 17.8. The summed E-state index contributed by atoms with van der Waals surface area (Å²) in [7, 11) is 0. The maximum absolute atomic E-state index is 14.8. The molecule has 1 N–H and O–H groups in total. The highest BCUT2D eigenvalue weighted by Crippen LogP contribution is 2.36. The lowest BCUT2D eigenvalue weighted by molar-refractivity contribution is -0.141. The molecule has 6 nitrogen and oxygen atoms in total. The highest BCUT2D eigenvalue weighted by Gasteiger charge is 2.43. The summed E-state index contributed by atoms with van der Waals surface area (Å²) >= 11 is 0. The molecule has 4 rings (SSSR count). The van der Waals surface area contributed by atoms with E-state index in [0.29, 0.717) is 25.0 Å². The van der Waals surface area contributed by atoms with Gasteiger partial charge in [0.15, 0.2) is 0 Å². The van der Waals surface area contributed by atoms with Gasteiger partial charge in [-0.2, -0.15) is 26.3 Å². The van der Waals surface area contributed by atoms with E-state index in [1.165, 1.54) is 4.90 Å². The summed E-state index contributed by atoms with van der Waals surface area (Å²) in [6.45, 7) is 2.03. The standard InChI is InChI=1S/C25H24F7N3O3/c1-2-16-4-6-19(35(16)23(37)13-7-8-33-20(9-13)25(30,31)32)22(36)34-21(14-11-38-12-14)17-5-3-15(10-18(17)26)24(27,28)29/h3,5,7-10,14,16,19,21H,2,4,6,11-12H2,1H3,(H,34,36)/t16-,19-,21?/m1/s1. The third-order valence-electron chi connectivity index (χ3n) is 6.90. The number of hydrogen-bond acceptors (Lipinski definition) is 4. The molecule has 1 aromatic carbocycles. The maximum Gasteiger partial charge on any atom is 0.433 e. The number of carbonyl (C=O) groups is 2. The number of benzene rings is 1. The SMILES string of the molecule is CC[C@@H]1CC[C@H](C(=O)NC(c2ccc(C(F)(F)F)cc2F)C2COC2)N1C(=O)c1ccnc(C(F)(F)F)c1. The number of amides is 2. The van der Waals surface area contributed by atoms with Crippen LogP contribution in [0.4, 0.5) is 30.7 Å². The fourth-order valence-corrected chi connectivity index (χ4v) is 4.82. The van der Waals surface area contributed by atoms with Crippen LogP contribution in [0, 0.1) is 11.7 Å². The number of aromatic nitrogens is 1. The first kappa shape index (κ1) is 27.8. The van der Waals surface area contributed by atoms with E-state index in [4.69, 9.17) is 4.74 Å². The Morgan fingerprint density at radius 1 is 1.08 bits per heavy atom. The molecule has 3 heterocycles. The van der Waals surface area contributed by atoms with E-state index in [9.17, 15) is 40.3 Å². The molecule has 2 saturated heterocycles. The number of hydrogen-bond donors (Lipinski definition) is 1.